The number of hydrogen-bond acceptors (Lipinski definition) is 7. The zero-order valence-corrected chi connectivity index (χ0v) is 25.3. The maximum atomic E-state index is 6.57. The molecular formula is C29H48N4O3Si. The zero-order chi connectivity index (χ0) is 27.1. The van der Waals surface area contributed by atoms with Crippen molar-refractivity contribution >= 4 is 25.4 Å². The number of aromatic nitrogens is 2. The van der Waals surface area contributed by atoms with Crippen molar-refractivity contribution in [2.24, 2.45) is 0 Å². The summed E-state index contributed by atoms with van der Waals surface area (Å²) < 4.78 is 17.7. The minimum atomic E-state index is -1.65. The Morgan fingerprint density at radius 3 is 2.35 bits per heavy atom. The van der Waals surface area contributed by atoms with Gasteiger partial charge in [-0.05, 0) is 96.6 Å². The highest BCUT2D eigenvalue weighted by Gasteiger charge is 2.31. The summed E-state index contributed by atoms with van der Waals surface area (Å²) in [5.41, 5.74) is 4.30. The number of nitrogens with zero attached hydrogens (tertiary/aromatic N) is 3. The zero-order valence-electron chi connectivity index (χ0n) is 24.3. The molecule has 2 heterocycles. The first-order valence-corrected chi connectivity index (χ1v) is 17.4. The average Bonchev–Trinajstić information content (AvgIpc) is 2.84. The van der Waals surface area contributed by atoms with Crippen LogP contribution < -0.4 is 15.0 Å². The maximum Gasteiger partial charge on any atom is 0.316 e. The van der Waals surface area contributed by atoms with Crippen LogP contribution in [0.1, 0.15) is 71.8 Å². The van der Waals surface area contributed by atoms with Crippen molar-refractivity contribution < 1.29 is 13.9 Å². The molecule has 0 amide bonds. The molecule has 0 bridgehead atoms. The summed E-state index contributed by atoms with van der Waals surface area (Å²) in [5, 5.41) is 3.64. The van der Waals surface area contributed by atoms with Crippen molar-refractivity contribution in [1.29, 1.82) is 0 Å². The van der Waals surface area contributed by atoms with E-state index < -0.39 is 8.32 Å². The molecule has 0 spiro atoms. The van der Waals surface area contributed by atoms with Crippen molar-refractivity contribution in [1.82, 2.24) is 9.97 Å². The van der Waals surface area contributed by atoms with Gasteiger partial charge in [-0.1, -0.05) is 13.0 Å². The number of rotatable bonds is 13. The summed E-state index contributed by atoms with van der Waals surface area (Å²) in [7, 11) is -1.65. The molecule has 1 aliphatic rings. The third-order valence-electron chi connectivity index (χ3n) is 6.77. The Morgan fingerprint density at radius 2 is 1.78 bits per heavy atom. The van der Waals surface area contributed by atoms with E-state index in [4.69, 9.17) is 13.9 Å². The van der Waals surface area contributed by atoms with Crippen LogP contribution in [-0.4, -0.2) is 56.3 Å². The summed E-state index contributed by atoms with van der Waals surface area (Å²) in [6.45, 7) is 20.8. The third kappa shape index (κ3) is 8.69. The molecule has 0 aliphatic carbocycles. The number of nitrogens with one attached hydrogen (secondary N) is 1. The predicted molar refractivity (Wildman–Crippen MR) is 156 cm³/mol. The van der Waals surface area contributed by atoms with Crippen LogP contribution in [0.3, 0.4) is 0 Å². The van der Waals surface area contributed by atoms with E-state index in [2.05, 4.69) is 85.7 Å². The van der Waals surface area contributed by atoms with E-state index in [1.165, 1.54) is 11.3 Å². The lowest BCUT2D eigenvalue weighted by molar-refractivity contribution is 0.0821. The lowest BCUT2D eigenvalue weighted by Crippen LogP contribution is -2.40. The van der Waals surface area contributed by atoms with E-state index in [9.17, 15) is 0 Å². The molecule has 206 valence electrons. The first kappa shape index (κ1) is 29.4. The van der Waals surface area contributed by atoms with Gasteiger partial charge in [0, 0.05) is 25.8 Å². The second kappa shape index (κ2) is 13.1. The molecule has 7 nitrogen and oxygen atoms in total. The minimum Gasteiger partial charge on any atom is -0.464 e. The van der Waals surface area contributed by atoms with Crippen LogP contribution >= 0.6 is 0 Å². The van der Waals surface area contributed by atoms with Crippen LogP contribution in [0, 0.1) is 0 Å². The van der Waals surface area contributed by atoms with Crippen molar-refractivity contribution in [2.45, 2.75) is 97.5 Å². The third-order valence-corrected chi connectivity index (χ3v) is 7.93. The molecule has 1 fully saturated rings. The van der Waals surface area contributed by atoms with Gasteiger partial charge in [0.05, 0.1) is 41.7 Å². The smallest absolute Gasteiger partial charge is 0.316 e. The summed E-state index contributed by atoms with van der Waals surface area (Å²) in [4.78, 5) is 11.3. The lowest BCUT2D eigenvalue weighted by atomic mass is 9.85. The minimum absolute atomic E-state index is 0.169. The van der Waals surface area contributed by atoms with Gasteiger partial charge in [0.25, 0.3) is 0 Å². The Bertz CT molecular complexity index is 972. The van der Waals surface area contributed by atoms with Crippen molar-refractivity contribution in [3.63, 3.8) is 0 Å². The maximum absolute atomic E-state index is 6.57. The molecule has 1 aromatic heterocycles. The SMILES string of the molecule is CCOc1ncc(Nc2cc([C@@H](CC)CC(C)(C)O[Si](C)(C)C)ccc2N(CC)C2CCOCC2)cn1. The van der Waals surface area contributed by atoms with Gasteiger partial charge in [-0.25, -0.2) is 9.97 Å². The van der Waals surface area contributed by atoms with Crippen molar-refractivity contribution in [3.8, 4) is 6.01 Å². The largest absolute Gasteiger partial charge is 0.464 e. The first-order valence-electron chi connectivity index (χ1n) is 14.0. The molecule has 1 N–H and O–H groups in total. The van der Waals surface area contributed by atoms with E-state index in [-0.39, 0.29) is 5.60 Å². The average molecular weight is 529 g/mol. The highest BCUT2D eigenvalue weighted by Crippen LogP contribution is 2.38. The lowest BCUT2D eigenvalue weighted by Gasteiger charge is -2.37. The Balaban J connectivity index is 1.95. The number of benzene rings is 1. The van der Waals surface area contributed by atoms with Gasteiger partial charge in [-0.15, -0.1) is 0 Å². The van der Waals surface area contributed by atoms with E-state index in [1.807, 2.05) is 6.92 Å². The number of anilines is 3. The molecule has 1 aliphatic heterocycles. The van der Waals surface area contributed by atoms with Crippen LogP contribution in [-0.2, 0) is 9.16 Å². The fourth-order valence-corrected chi connectivity index (χ4v) is 7.22. The second-order valence-electron chi connectivity index (χ2n) is 11.5. The molecule has 0 unspecified atom stereocenters. The van der Waals surface area contributed by atoms with Gasteiger partial charge >= 0.3 is 6.01 Å². The van der Waals surface area contributed by atoms with Crippen LogP contribution in [0.2, 0.25) is 19.6 Å². The van der Waals surface area contributed by atoms with Gasteiger partial charge in [0.1, 0.15) is 0 Å². The molecule has 0 saturated carbocycles. The second-order valence-corrected chi connectivity index (χ2v) is 15.9. The van der Waals surface area contributed by atoms with Gasteiger partial charge in [0.15, 0.2) is 8.32 Å². The van der Waals surface area contributed by atoms with Crippen LogP contribution in [0.5, 0.6) is 6.01 Å². The van der Waals surface area contributed by atoms with Gasteiger partial charge in [-0.2, -0.15) is 0 Å². The molecule has 37 heavy (non-hydrogen) atoms. The van der Waals surface area contributed by atoms with E-state index >= 15 is 0 Å². The van der Waals surface area contributed by atoms with Crippen molar-refractivity contribution in [2.75, 3.05) is 36.6 Å². The fourth-order valence-electron chi connectivity index (χ4n) is 5.48. The predicted octanol–water partition coefficient (Wildman–Crippen LogP) is 7.14. The Morgan fingerprint density at radius 1 is 1.11 bits per heavy atom. The van der Waals surface area contributed by atoms with Crippen molar-refractivity contribution in [3.05, 3.63) is 36.2 Å². The summed E-state index contributed by atoms with van der Waals surface area (Å²) in [5.74, 6) is 0.399. The molecule has 2 aromatic rings. The quantitative estimate of drug-likeness (QED) is 0.277. The van der Waals surface area contributed by atoms with E-state index in [1.54, 1.807) is 12.4 Å². The Kier molecular flexibility index (Phi) is 10.4. The van der Waals surface area contributed by atoms with Gasteiger partial charge < -0.3 is 24.1 Å². The normalized spacial score (nSPS) is 15.9. The van der Waals surface area contributed by atoms with Crippen LogP contribution in [0.25, 0.3) is 0 Å². The van der Waals surface area contributed by atoms with Gasteiger partial charge in [0.2, 0.25) is 0 Å². The topological polar surface area (TPSA) is 68.7 Å². The number of hydrogen-bond donors (Lipinski definition) is 1. The highest BCUT2D eigenvalue weighted by atomic mass is 28.4. The fraction of sp³-hybridized carbons (Fsp3) is 0.655. The summed E-state index contributed by atoms with van der Waals surface area (Å²) in [6, 6.07) is 7.80. The van der Waals surface area contributed by atoms with E-state index in [0.717, 1.165) is 56.8 Å². The molecule has 1 atom stereocenters. The molecule has 3 rings (SSSR count). The summed E-state index contributed by atoms with van der Waals surface area (Å²) >= 11 is 0. The van der Waals surface area contributed by atoms with Gasteiger partial charge in [-0.3, -0.25) is 0 Å². The summed E-state index contributed by atoms with van der Waals surface area (Å²) in [6.07, 6.45) is 7.71. The van der Waals surface area contributed by atoms with Crippen LogP contribution in [0.4, 0.5) is 17.1 Å². The molecule has 1 saturated heterocycles. The highest BCUT2D eigenvalue weighted by molar-refractivity contribution is 6.69. The molecule has 8 heteroatoms. The number of ether oxygens (including phenoxy) is 2. The molecule has 1 aromatic carbocycles. The molecule has 0 radical (unpaired) electrons. The first-order chi connectivity index (χ1) is 17.5. The van der Waals surface area contributed by atoms with Crippen LogP contribution in [0.15, 0.2) is 30.6 Å². The monoisotopic (exact) mass is 528 g/mol. The van der Waals surface area contributed by atoms with E-state index in [0.29, 0.717) is 24.6 Å². The molecular weight excluding hydrogens is 480 g/mol. The Labute approximate surface area is 225 Å². The standard InChI is InChI=1S/C29H48N4O3Si/c1-9-22(19-29(4,5)36-37(6,7)8)23-12-13-27(33(10-2)25-14-16-34-17-15-25)26(18-23)32-24-20-30-28(31-21-24)35-11-3/h12-13,18,20-22,25,32H,9-11,14-17,19H2,1-8H3/t22-/m0/s1. The Hall–Kier alpha value is -2.16.